The fraction of sp³-hybridized carbons (Fsp3) is 0.560. The minimum atomic E-state index is -0.484. The molecule has 4 nitrogen and oxygen atoms in total. The Morgan fingerprint density at radius 1 is 1.17 bits per heavy atom. The molecule has 0 saturated carbocycles. The lowest BCUT2D eigenvalue weighted by molar-refractivity contribution is 0.0261. The molecule has 0 bridgehead atoms. The van der Waals surface area contributed by atoms with Crippen molar-refractivity contribution in [2.45, 2.75) is 79.8 Å². The molecular weight excluding hydrogens is 360 g/mol. The van der Waals surface area contributed by atoms with Crippen molar-refractivity contribution in [2.75, 3.05) is 18.4 Å². The Kier molecular flexibility index (Phi) is 7.56. The van der Waals surface area contributed by atoms with Gasteiger partial charge >= 0.3 is 6.09 Å². The van der Waals surface area contributed by atoms with Gasteiger partial charge in [0.15, 0.2) is 0 Å². The molecule has 1 aromatic rings. The van der Waals surface area contributed by atoms with Crippen molar-refractivity contribution in [1.82, 2.24) is 4.90 Å². The summed E-state index contributed by atoms with van der Waals surface area (Å²) in [6.07, 6.45) is 1.55. The molecule has 0 saturated heterocycles. The summed E-state index contributed by atoms with van der Waals surface area (Å²) >= 11 is 0. The predicted molar refractivity (Wildman–Crippen MR) is 122 cm³/mol. The van der Waals surface area contributed by atoms with Crippen LogP contribution in [0.25, 0.3) is 0 Å². The van der Waals surface area contributed by atoms with Gasteiger partial charge < -0.3 is 15.0 Å². The number of hydrogen-bond acceptors (Lipinski definition) is 3. The topological polar surface area (TPSA) is 41.6 Å². The summed E-state index contributed by atoms with van der Waals surface area (Å²) in [4.78, 5) is 14.5. The third-order valence-corrected chi connectivity index (χ3v) is 5.49. The summed E-state index contributed by atoms with van der Waals surface area (Å²) in [7, 11) is 0. The lowest BCUT2D eigenvalue weighted by Gasteiger charge is -2.34. The number of amides is 1. The highest BCUT2D eigenvalue weighted by atomic mass is 16.6. The van der Waals surface area contributed by atoms with Gasteiger partial charge in [0.25, 0.3) is 0 Å². The van der Waals surface area contributed by atoms with Gasteiger partial charge in [-0.3, -0.25) is 0 Å². The van der Waals surface area contributed by atoms with Crippen LogP contribution in [0.3, 0.4) is 0 Å². The SMILES string of the molecule is CCC(C)=C(C)C1=C(Nc2ccc(C(C)C)cc2)CCN(C(=O)OC(C)(C)C)C1. The molecule has 0 unspecified atom stereocenters. The first-order valence-electron chi connectivity index (χ1n) is 10.8. The molecule has 1 aliphatic heterocycles. The first-order valence-corrected chi connectivity index (χ1v) is 10.8. The molecule has 29 heavy (non-hydrogen) atoms. The van der Waals surface area contributed by atoms with E-state index in [0.717, 1.165) is 18.5 Å². The number of benzene rings is 1. The first-order chi connectivity index (χ1) is 13.5. The van der Waals surface area contributed by atoms with E-state index in [9.17, 15) is 4.79 Å². The molecule has 1 heterocycles. The monoisotopic (exact) mass is 398 g/mol. The molecule has 4 heteroatoms. The summed E-state index contributed by atoms with van der Waals surface area (Å²) in [5.41, 5.74) is 6.96. The highest BCUT2D eigenvalue weighted by Crippen LogP contribution is 2.29. The van der Waals surface area contributed by atoms with Gasteiger partial charge in [0.1, 0.15) is 5.60 Å². The van der Waals surface area contributed by atoms with Crippen molar-refractivity contribution in [1.29, 1.82) is 0 Å². The van der Waals surface area contributed by atoms with Crippen LogP contribution in [0.4, 0.5) is 10.5 Å². The van der Waals surface area contributed by atoms with Crippen LogP contribution < -0.4 is 5.32 Å². The fourth-order valence-electron chi connectivity index (χ4n) is 3.38. The Labute approximate surface area is 177 Å². The Morgan fingerprint density at radius 3 is 2.31 bits per heavy atom. The molecule has 0 aliphatic carbocycles. The van der Waals surface area contributed by atoms with Crippen LogP contribution >= 0.6 is 0 Å². The highest BCUT2D eigenvalue weighted by Gasteiger charge is 2.28. The van der Waals surface area contributed by atoms with Crippen molar-refractivity contribution in [3.8, 4) is 0 Å². The maximum atomic E-state index is 12.6. The maximum Gasteiger partial charge on any atom is 0.410 e. The van der Waals surface area contributed by atoms with E-state index < -0.39 is 5.60 Å². The highest BCUT2D eigenvalue weighted by molar-refractivity contribution is 5.70. The van der Waals surface area contributed by atoms with E-state index in [1.807, 2.05) is 25.7 Å². The van der Waals surface area contributed by atoms with Crippen molar-refractivity contribution >= 4 is 11.8 Å². The molecule has 0 fully saturated rings. The van der Waals surface area contributed by atoms with E-state index in [1.54, 1.807) is 0 Å². The second-order valence-electron chi connectivity index (χ2n) is 9.27. The fourth-order valence-corrected chi connectivity index (χ4v) is 3.38. The number of carbonyl (C=O) groups excluding carboxylic acids is 1. The lowest BCUT2D eigenvalue weighted by atomic mass is 9.94. The number of carbonyl (C=O) groups is 1. The van der Waals surface area contributed by atoms with Crippen LogP contribution in [0.2, 0.25) is 0 Å². The smallest absolute Gasteiger partial charge is 0.410 e. The maximum absolute atomic E-state index is 12.6. The molecule has 1 N–H and O–H groups in total. The number of nitrogens with one attached hydrogen (secondary N) is 1. The summed E-state index contributed by atoms with van der Waals surface area (Å²) in [6.45, 7) is 17.9. The van der Waals surface area contributed by atoms with E-state index in [-0.39, 0.29) is 6.09 Å². The Balaban J connectivity index is 2.31. The van der Waals surface area contributed by atoms with Crippen LogP contribution in [-0.4, -0.2) is 29.7 Å². The van der Waals surface area contributed by atoms with Crippen LogP contribution in [0.1, 0.15) is 79.7 Å². The van der Waals surface area contributed by atoms with Gasteiger partial charge in [-0.05, 0) is 75.8 Å². The molecule has 1 amide bonds. The number of rotatable bonds is 5. The van der Waals surface area contributed by atoms with E-state index in [1.165, 1.54) is 28.0 Å². The largest absolute Gasteiger partial charge is 0.444 e. The van der Waals surface area contributed by atoms with Gasteiger partial charge in [0.05, 0.1) is 6.54 Å². The first kappa shape index (κ1) is 23.1. The molecule has 0 radical (unpaired) electrons. The molecule has 1 aliphatic rings. The average molecular weight is 399 g/mol. The quantitative estimate of drug-likeness (QED) is 0.589. The zero-order valence-corrected chi connectivity index (χ0v) is 19.5. The van der Waals surface area contributed by atoms with Crippen molar-refractivity contribution in [3.63, 3.8) is 0 Å². The van der Waals surface area contributed by atoms with Gasteiger partial charge in [0.2, 0.25) is 0 Å². The van der Waals surface area contributed by atoms with E-state index in [2.05, 4.69) is 64.2 Å². The van der Waals surface area contributed by atoms with Crippen molar-refractivity contribution in [3.05, 3.63) is 52.2 Å². The van der Waals surface area contributed by atoms with E-state index in [4.69, 9.17) is 4.74 Å². The Bertz CT molecular complexity index is 780. The van der Waals surface area contributed by atoms with Crippen LogP contribution in [0.5, 0.6) is 0 Å². The van der Waals surface area contributed by atoms with E-state index in [0.29, 0.717) is 19.0 Å². The third-order valence-electron chi connectivity index (χ3n) is 5.49. The Morgan fingerprint density at radius 2 is 1.79 bits per heavy atom. The molecular formula is C25H38N2O2. The zero-order chi connectivity index (χ0) is 21.8. The van der Waals surface area contributed by atoms with Gasteiger partial charge in [-0.15, -0.1) is 0 Å². The molecule has 0 spiro atoms. The summed E-state index contributed by atoms with van der Waals surface area (Å²) in [5, 5.41) is 3.63. The molecule has 0 atom stereocenters. The van der Waals surface area contributed by atoms with Crippen LogP contribution in [-0.2, 0) is 4.74 Å². The van der Waals surface area contributed by atoms with Gasteiger partial charge in [-0.1, -0.05) is 38.5 Å². The third kappa shape index (κ3) is 6.38. The Hall–Kier alpha value is -2.23. The minimum absolute atomic E-state index is 0.239. The number of allylic oxidation sites excluding steroid dienone is 1. The van der Waals surface area contributed by atoms with Gasteiger partial charge in [0, 0.05) is 24.4 Å². The van der Waals surface area contributed by atoms with Crippen LogP contribution in [0, 0.1) is 0 Å². The normalized spacial score (nSPS) is 16.1. The number of hydrogen-bond donors (Lipinski definition) is 1. The minimum Gasteiger partial charge on any atom is -0.444 e. The van der Waals surface area contributed by atoms with Gasteiger partial charge in [-0.25, -0.2) is 4.79 Å². The standard InChI is InChI=1S/C25H38N2O2/c1-9-18(4)19(5)22-16-27(24(28)29-25(6,7)8)15-14-23(22)26-21-12-10-20(11-13-21)17(2)3/h10-13,17,26H,9,14-16H2,1-8H3. The van der Waals surface area contributed by atoms with Crippen LogP contribution in [0.15, 0.2) is 46.7 Å². The number of ether oxygens (including phenoxy) is 1. The van der Waals surface area contributed by atoms with Crippen molar-refractivity contribution in [2.24, 2.45) is 0 Å². The number of anilines is 1. The van der Waals surface area contributed by atoms with Gasteiger partial charge in [-0.2, -0.15) is 0 Å². The molecule has 160 valence electrons. The van der Waals surface area contributed by atoms with Crippen molar-refractivity contribution < 1.29 is 9.53 Å². The second-order valence-corrected chi connectivity index (χ2v) is 9.27. The molecule has 2 rings (SSSR count). The average Bonchev–Trinajstić information content (AvgIpc) is 2.66. The zero-order valence-electron chi connectivity index (χ0n) is 19.5. The van der Waals surface area contributed by atoms with E-state index >= 15 is 0 Å². The summed E-state index contributed by atoms with van der Waals surface area (Å²) in [5.74, 6) is 0.522. The summed E-state index contributed by atoms with van der Waals surface area (Å²) < 4.78 is 5.61. The second kappa shape index (κ2) is 9.51. The summed E-state index contributed by atoms with van der Waals surface area (Å²) in [6, 6.07) is 8.66. The molecule has 1 aromatic carbocycles. The molecule has 0 aromatic heterocycles. The predicted octanol–water partition coefficient (Wildman–Crippen LogP) is 6.86. The lowest BCUT2D eigenvalue weighted by Crippen LogP contribution is -2.41. The number of nitrogens with zero attached hydrogens (tertiary/aromatic N) is 1.